The van der Waals surface area contributed by atoms with Gasteiger partial charge in [0, 0.05) is 13.6 Å². The van der Waals surface area contributed by atoms with Crippen LogP contribution in [-0.2, 0) is 10.0 Å². The third-order valence-corrected chi connectivity index (χ3v) is 4.31. The van der Waals surface area contributed by atoms with Gasteiger partial charge in [0.15, 0.2) is 0 Å². The van der Waals surface area contributed by atoms with Gasteiger partial charge in [-0.15, -0.1) is 0 Å². The molecule has 4 heteroatoms. The molecule has 0 bridgehead atoms. The molecular formula is C12H23NO2S. The summed E-state index contributed by atoms with van der Waals surface area (Å²) in [5.41, 5.74) is 0. The molecule has 0 aromatic rings. The molecule has 0 aromatic heterocycles. The van der Waals surface area contributed by atoms with E-state index in [1.165, 1.54) is 4.31 Å². The minimum Gasteiger partial charge on any atom is -0.207 e. The summed E-state index contributed by atoms with van der Waals surface area (Å²) in [6.07, 6.45) is 7.91. The number of unbranched alkanes of at least 4 members (excludes halogenated alkanes) is 1. The second-order valence-corrected chi connectivity index (χ2v) is 5.73. The van der Waals surface area contributed by atoms with Crippen LogP contribution in [0, 0.1) is 0 Å². The predicted molar refractivity (Wildman–Crippen MR) is 69.6 cm³/mol. The molecule has 0 heterocycles. The summed E-state index contributed by atoms with van der Waals surface area (Å²) in [6.45, 7) is 6.36. The highest BCUT2D eigenvalue weighted by Gasteiger charge is 2.20. The number of allylic oxidation sites excluding steroid dienone is 3. The SMILES string of the molecule is CC=C(C=CCC)S(=O)(=O)N(C)CCCC. The van der Waals surface area contributed by atoms with Gasteiger partial charge < -0.3 is 0 Å². The molecule has 0 aliphatic rings. The fourth-order valence-electron chi connectivity index (χ4n) is 1.25. The van der Waals surface area contributed by atoms with Crippen molar-refractivity contribution in [2.45, 2.75) is 40.0 Å². The largest absolute Gasteiger partial charge is 0.242 e. The van der Waals surface area contributed by atoms with Crippen LogP contribution in [0.25, 0.3) is 0 Å². The Balaban J connectivity index is 4.81. The Morgan fingerprint density at radius 2 is 1.94 bits per heavy atom. The molecule has 0 aliphatic heterocycles. The van der Waals surface area contributed by atoms with Crippen molar-refractivity contribution in [3.8, 4) is 0 Å². The number of hydrogen-bond donors (Lipinski definition) is 0. The average molecular weight is 245 g/mol. The smallest absolute Gasteiger partial charge is 0.207 e. The molecule has 94 valence electrons. The van der Waals surface area contributed by atoms with Gasteiger partial charge in [-0.25, -0.2) is 12.7 Å². The van der Waals surface area contributed by atoms with E-state index in [0.29, 0.717) is 11.4 Å². The molecule has 0 amide bonds. The molecular weight excluding hydrogens is 222 g/mol. The van der Waals surface area contributed by atoms with E-state index in [2.05, 4.69) is 0 Å². The van der Waals surface area contributed by atoms with Gasteiger partial charge in [-0.3, -0.25) is 0 Å². The highest BCUT2D eigenvalue weighted by molar-refractivity contribution is 7.93. The topological polar surface area (TPSA) is 37.4 Å². The molecule has 0 radical (unpaired) electrons. The van der Waals surface area contributed by atoms with Gasteiger partial charge in [-0.1, -0.05) is 32.4 Å². The lowest BCUT2D eigenvalue weighted by Crippen LogP contribution is -2.28. The zero-order chi connectivity index (χ0) is 12.6. The van der Waals surface area contributed by atoms with Crippen LogP contribution in [0.15, 0.2) is 23.1 Å². The zero-order valence-electron chi connectivity index (χ0n) is 10.7. The van der Waals surface area contributed by atoms with Crippen LogP contribution >= 0.6 is 0 Å². The first-order valence-corrected chi connectivity index (χ1v) is 7.23. The summed E-state index contributed by atoms with van der Waals surface area (Å²) in [6, 6.07) is 0. The van der Waals surface area contributed by atoms with Gasteiger partial charge in [0.05, 0.1) is 4.91 Å². The van der Waals surface area contributed by atoms with Crippen molar-refractivity contribution in [2.24, 2.45) is 0 Å². The van der Waals surface area contributed by atoms with Crippen LogP contribution < -0.4 is 0 Å². The highest BCUT2D eigenvalue weighted by atomic mass is 32.2. The Labute approximate surface area is 99.9 Å². The van der Waals surface area contributed by atoms with Crippen LogP contribution in [0.5, 0.6) is 0 Å². The van der Waals surface area contributed by atoms with Gasteiger partial charge >= 0.3 is 0 Å². The van der Waals surface area contributed by atoms with Crippen molar-refractivity contribution in [3.05, 3.63) is 23.1 Å². The molecule has 16 heavy (non-hydrogen) atoms. The van der Waals surface area contributed by atoms with Gasteiger partial charge in [-0.2, -0.15) is 0 Å². The maximum atomic E-state index is 12.1. The maximum absolute atomic E-state index is 12.1. The molecule has 0 saturated heterocycles. The van der Waals surface area contributed by atoms with E-state index in [-0.39, 0.29) is 0 Å². The monoisotopic (exact) mass is 245 g/mol. The minimum absolute atomic E-state index is 0.382. The fourth-order valence-corrected chi connectivity index (χ4v) is 2.54. The van der Waals surface area contributed by atoms with E-state index >= 15 is 0 Å². The predicted octanol–water partition coefficient (Wildman–Crippen LogP) is 2.92. The Bertz CT molecular complexity index is 342. The number of hydrogen-bond acceptors (Lipinski definition) is 2. The van der Waals surface area contributed by atoms with E-state index in [1.807, 2.05) is 19.9 Å². The lowest BCUT2D eigenvalue weighted by Gasteiger charge is -2.17. The molecule has 0 atom stereocenters. The number of sulfonamides is 1. The van der Waals surface area contributed by atoms with E-state index in [1.54, 1.807) is 26.1 Å². The van der Waals surface area contributed by atoms with Crippen molar-refractivity contribution in [2.75, 3.05) is 13.6 Å². The van der Waals surface area contributed by atoms with Crippen LogP contribution in [0.3, 0.4) is 0 Å². The summed E-state index contributed by atoms with van der Waals surface area (Å²) in [5.74, 6) is 0. The Morgan fingerprint density at radius 1 is 1.31 bits per heavy atom. The number of rotatable bonds is 7. The van der Waals surface area contributed by atoms with Gasteiger partial charge in [0.1, 0.15) is 0 Å². The van der Waals surface area contributed by atoms with Crippen molar-refractivity contribution < 1.29 is 8.42 Å². The lowest BCUT2D eigenvalue weighted by molar-refractivity contribution is 0.465. The standard InChI is InChI=1S/C12H23NO2S/c1-5-8-10-12(7-3)16(14,15)13(4)11-9-6-2/h7-8,10H,5-6,9,11H2,1-4H3. The molecule has 0 aromatic carbocycles. The summed E-state index contributed by atoms with van der Waals surface area (Å²) < 4.78 is 25.6. The molecule has 0 saturated carbocycles. The molecule has 0 spiro atoms. The van der Waals surface area contributed by atoms with E-state index in [9.17, 15) is 8.42 Å². The second-order valence-electron chi connectivity index (χ2n) is 3.68. The molecule has 3 nitrogen and oxygen atoms in total. The van der Waals surface area contributed by atoms with Crippen molar-refractivity contribution in [1.29, 1.82) is 0 Å². The first-order valence-electron chi connectivity index (χ1n) is 5.79. The first kappa shape index (κ1) is 15.4. The first-order chi connectivity index (χ1) is 7.50. The molecule has 0 fully saturated rings. The zero-order valence-corrected chi connectivity index (χ0v) is 11.5. The quantitative estimate of drug-likeness (QED) is 0.647. The maximum Gasteiger partial charge on any atom is 0.242 e. The van der Waals surface area contributed by atoms with E-state index in [0.717, 1.165) is 19.3 Å². The second kappa shape index (κ2) is 7.63. The summed E-state index contributed by atoms with van der Waals surface area (Å²) in [4.78, 5) is 0.382. The molecule has 0 unspecified atom stereocenters. The van der Waals surface area contributed by atoms with Crippen LogP contribution in [0.4, 0.5) is 0 Å². The van der Waals surface area contributed by atoms with Crippen LogP contribution in [0.2, 0.25) is 0 Å². The Hall–Kier alpha value is -0.610. The fraction of sp³-hybridized carbons (Fsp3) is 0.667. The minimum atomic E-state index is -3.29. The summed E-state index contributed by atoms with van der Waals surface area (Å²) in [7, 11) is -1.65. The Morgan fingerprint density at radius 3 is 2.38 bits per heavy atom. The highest BCUT2D eigenvalue weighted by Crippen LogP contribution is 2.14. The molecule has 0 N–H and O–H groups in total. The lowest BCUT2D eigenvalue weighted by atomic mass is 10.3. The van der Waals surface area contributed by atoms with Gasteiger partial charge in [0.25, 0.3) is 0 Å². The van der Waals surface area contributed by atoms with Crippen molar-refractivity contribution in [3.63, 3.8) is 0 Å². The third kappa shape index (κ3) is 4.49. The third-order valence-electron chi connectivity index (χ3n) is 2.34. The van der Waals surface area contributed by atoms with Crippen LogP contribution in [-0.4, -0.2) is 26.3 Å². The van der Waals surface area contributed by atoms with E-state index < -0.39 is 10.0 Å². The molecule has 0 rings (SSSR count). The van der Waals surface area contributed by atoms with Crippen molar-refractivity contribution in [1.82, 2.24) is 4.31 Å². The summed E-state index contributed by atoms with van der Waals surface area (Å²) >= 11 is 0. The molecule has 0 aliphatic carbocycles. The average Bonchev–Trinajstić information content (AvgIpc) is 2.26. The van der Waals surface area contributed by atoms with Gasteiger partial charge in [-0.05, 0) is 25.8 Å². The van der Waals surface area contributed by atoms with Crippen molar-refractivity contribution >= 4 is 10.0 Å². The normalized spacial score (nSPS) is 13.9. The number of nitrogens with zero attached hydrogens (tertiary/aromatic N) is 1. The van der Waals surface area contributed by atoms with E-state index in [4.69, 9.17) is 0 Å². The van der Waals surface area contributed by atoms with Crippen LogP contribution in [0.1, 0.15) is 40.0 Å². The Kier molecular flexibility index (Phi) is 7.34. The van der Waals surface area contributed by atoms with Gasteiger partial charge in [0.2, 0.25) is 10.0 Å². The summed E-state index contributed by atoms with van der Waals surface area (Å²) in [5, 5.41) is 0.